The second-order valence-electron chi connectivity index (χ2n) is 7.50. The topological polar surface area (TPSA) is 77.2 Å². The highest BCUT2D eigenvalue weighted by Gasteiger charge is 2.22. The lowest BCUT2D eigenvalue weighted by Crippen LogP contribution is -2.31. The number of benzene rings is 2. The Morgan fingerprint density at radius 1 is 1.16 bits per heavy atom. The number of nitrogens with zero attached hydrogens (tertiary/aromatic N) is 1. The van der Waals surface area contributed by atoms with E-state index in [4.69, 9.17) is 10.5 Å². The summed E-state index contributed by atoms with van der Waals surface area (Å²) < 4.78 is 5.78. The van der Waals surface area contributed by atoms with Crippen LogP contribution in [0.2, 0.25) is 0 Å². The fraction of sp³-hybridized carbons (Fsp3) is 0.250. The molecule has 5 nitrogen and oxygen atoms in total. The fourth-order valence-corrected chi connectivity index (χ4v) is 3.73. The maximum Gasteiger partial charge on any atom is 0.251 e. The van der Waals surface area contributed by atoms with Crippen LogP contribution in [0.1, 0.15) is 51.6 Å². The lowest BCUT2D eigenvalue weighted by Gasteiger charge is -2.26. The van der Waals surface area contributed by atoms with E-state index in [0.29, 0.717) is 17.9 Å². The van der Waals surface area contributed by atoms with Crippen molar-refractivity contribution < 1.29 is 9.53 Å². The second-order valence-corrected chi connectivity index (χ2v) is 7.50. The number of nitrogens with two attached hydrogens (primary N) is 1. The zero-order valence-electron chi connectivity index (χ0n) is 17.3. The number of halogens is 2. The van der Waals surface area contributed by atoms with Crippen molar-refractivity contribution in [2.24, 2.45) is 0 Å². The molecule has 1 heterocycles. The zero-order valence-corrected chi connectivity index (χ0v) is 19.0. The highest BCUT2D eigenvalue weighted by molar-refractivity contribution is 5.94. The summed E-state index contributed by atoms with van der Waals surface area (Å²) in [6.45, 7) is 2.32. The van der Waals surface area contributed by atoms with Gasteiger partial charge in [0.1, 0.15) is 12.4 Å². The van der Waals surface area contributed by atoms with Crippen molar-refractivity contribution in [3.05, 3.63) is 88.7 Å². The summed E-state index contributed by atoms with van der Waals surface area (Å²) in [7, 11) is 0. The van der Waals surface area contributed by atoms with Crippen LogP contribution in [0.15, 0.2) is 60.8 Å². The molecule has 164 valence electrons. The van der Waals surface area contributed by atoms with E-state index >= 15 is 0 Å². The van der Waals surface area contributed by atoms with Crippen LogP contribution in [0.3, 0.4) is 0 Å². The van der Waals surface area contributed by atoms with Gasteiger partial charge < -0.3 is 15.8 Å². The van der Waals surface area contributed by atoms with Gasteiger partial charge in [-0.2, -0.15) is 0 Å². The Kier molecular flexibility index (Phi) is 8.72. The maximum atomic E-state index is 12.9. The fourth-order valence-electron chi connectivity index (χ4n) is 3.73. The van der Waals surface area contributed by atoms with Crippen molar-refractivity contribution in [3.8, 4) is 5.75 Å². The minimum Gasteiger partial charge on any atom is -0.487 e. The molecule has 0 saturated heterocycles. The summed E-state index contributed by atoms with van der Waals surface area (Å²) in [6.07, 6.45) is 4.69. The monoisotopic (exact) mass is 459 g/mol. The molecule has 1 amide bonds. The van der Waals surface area contributed by atoms with Crippen LogP contribution in [-0.2, 0) is 13.0 Å². The first kappa shape index (κ1) is 24.5. The predicted molar refractivity (Wildman–Crippen MR) is 128 cm³/mol. The lowest BCUT2D eigenvalue weighted by atomic mass is 9.87. The van der Waals surface area contributed by atoms with Crippen LogP contribution >= 0.6 is 24.8 Å². The number of nitrogens with one attached hydrogen (secondary N) is 1. The third-order valence-corrected chi connectivity index (χ3v) is 5.27. The van der Waals surface area contributed by atoms with Crippen LogP contribution in [0.25, 0.3) is 0 Å². The van der Waals surface area contributed by atoms with Gasteiger partial charge in [-0.15, -0.1) is 24.8 Å². The third kappa shape index (κ3) is 6.12. The summed E-state index contributed by atoms with van der Waals surface area (Å²) in [5, 5.41) is 3.19. The molecule has 0 spiro atoms. The van der Waals surface area contributed by atoms with Gasteiger partial charge in [-0.1, -0.05) is 18.2 Å². The number of hydrogen-bond acceptors (Lipinski definition) is 4. The quantitative estimate of drug-likeness (QED) is 0.513. The zero-order chi connectivity index (χ0) is 20.2. The van der Waals surface area contributed by atoms with Crippen molar-refractivity contribution in [2.45, 2.75) is 38.8 Å². The standard InChI is InChI=1S/C24H25N3O2.2ClH/c1-16-8-10-21(14-26-16)29-15-17-4-2-6-19(12-17)24(28)27-23-7-3-5-18-13-20(25)9-11-22(18)23;;/h2,4,6,8-14,23H,3,5,7,15,25H2,1H3,(H,27,28);2*1H. The molecule has 3 aromatic rings. The van der Waals surface area contributed by atoms with Gasteiger partial charge in [-0.05, 0) is 79.3 Å². The van der Waals surface area contributed by atoms with Gasteiger partial charge in [-0.25, -0.2) is 0 Å². The van der Waals surface area contributed by atoms with Gasteiger partial charge in [0.15, 0.2) is 0 Å². The molecule has 2 aromatic carbocycles. The Labute approximate surface area is 195 Å². The normalized spacial score (nSPS) is 14.4. The largest absolute Gasteiger partial charge is 0.487 e. The van der Waals surface area contributed by atoms with Gasteiger partial charge in [0.2, 0.25) is 0 Å². The van der Waals surface area contributed by atoms with E-state index in [1.807, 2.05) is 61.5 Å². The Morgan fingerprint density at radius 2 is 2.00 bits per heavy atom. The number of nitrogen functional groups attached to an aromatic ring is 1. The number of carbonyl (C=O) groups excluding carboxylic acids is 1. The van der Waals surface area contributed by atoms with Gasteiger partial charge in [0.25, 0.3) is 5.91 Å². The number of aryl methyl sites for hydroxylation is 2. The molecule has 0 saturated carbocycles. The summed E-state index contributed by atoms with van der Waals surface area (Å²) in [5.74, 6) is 0.641. The summed E-state index contributed by atoms with van der Waals surface area (Å²) >= 11 is 0. The molecule has 0 fully saturated rings. The second kappa shape index (κ2) is 11.0. The molecule has 1 atom stereocenters. The van der Waals surface area contributed by atoms with E-state index < -0.39 is 0 Å². The van der Waals surface area contributed by atoms with Crippen LogP contribution in [-0.4, -0.2) is 10.9 Å². The summed E-state index contributed by atoms with van der Waals surface area (Å²) in [4.78, 5) is 17.1. The smallest absolute Gasteiger partial charge is 0.251 e. The van der Waals surface area contributed by atoms with Crippen molar-refractivity contribution in [2.75, 3.05) is 5.73 Å². The average molecular weight is 460 g/mol. The minimum absolute atomic E-state index is 0. The van der Waals surface area contributed by atoms with Gasteiger partial charge in [-0.3, -0.25) is 9.78 Å². The van der Waals surface area contributed by atoms with E-state index in [-0.39, 0.29) is 36.8 Å². The molecule has 0 bridgehead atoms. The van der Waals surface area contributed by atoms with Gasteiger partial charge >= 0.3 is 0 Å². The van der Waals surface area contributed by atoms with E-state index in [2.05, 4.69) is 10.3 Å². The molecule has 4 rings (SSSR count). The molecule has 1 unspecified atom stereocenters. The van der Waals surface area contributed by atoms with E-state index in [1.165, 1.54) is 11.1 Å². The molecule has 1 aromatic heterocycles. The lowest BCUT2D eigenvalue weighted by molar-refractivity contribution is 0.0932. The van der Waals surface area contributed by atoms with Crippen molar-refractivity contribution in [1.29, 1.82) is 0 Å². The minimum atomic E-state index is -0.0708. The first-order chi connectivity index (χ1) is 14.1. The average Bonchev–Trinajstić information content (AvgIpc) is 2.73. The highest BCUT2D eigenvalue weighted by atomic mass is 35.5. The molecule has 31 heavy (non-hydrogen) atoms. The van der Waals surface area contributed by atoms with Crippen LogP contribution in [0, 0.1) is 6.92 Å². The number of pyridine rings is 1. The maximum absolute atomic E-state index is 12.9. The van der Waals surface area contributed by atoms with Crippen molar-refractivity contribution in [3.63, 3.8) is 0 Å². The Hall–Kier alpha value is -2.76. The van der Waals surface area contributed by atoms with Crippen molar-refractivity contribution in [1.82, 2.24) is 10.3 Å². The molecule has 0 radical (unpaired) electrons. The molecule has 1 aliphatic rings. The Morgan fingerprint density at radius 3 is 2.77 bits per heavy atom. The number of hydrogen-bond donors (Lipinski definition) is 2. The van der Waals surface area contributed by atoms with Crippen LogP contribution in [0.5, 0.6) is 5.75 Å². The van der Waals surface area contributed by atoms with E-state index in [0.717, 1.165) is 36.2 Å². The van der Waals surface area contributed by atoms with Crippen LogP contribution in [0.4, 0.5) is 5.69 Å². The first-order valence-corrected chi connectivity index (χ1v) is 9.92. The number of amides is 1. The first-order valence-electron chi connectivity index (χ1n) is 9.92. The molecule has 7 heteroatoms. The Balaban J connectivity index is 0.00000171. The SMILES string of the molecule is Cc1ccc(OCc2cccc(C(=O)NC3CCCc4cc(N)ccc43)c2)cn1.Cl.Cl. The molecular formula is C24H27Cl2N3O2. The number of rotatable bonds is 5. The summed E-state index contributed by atoms with van der Waals surface area (Å²) in [5.41, 5.74) is 11.6. The highest BCUT2D eigenvalue weighted by Crippen LogP contribution is 2.31. The number of fused-ring (bicyclic) bond motifs is 1. The number of ether oxygens (including phenoxy) is 1. The van der Waals surface area contributed by atoms with E-state index in [9.17, 15) is 4.79 Å². The number of aromatic nitrogens is 1. The molecular weight excluding hydrogens is 433 g/mol. The Bertz CT molecular complexity index is 1030. The number of carbonyl (C=O) groups is 1. The van der Waals surface area contributed by atoms with Gasteiger partial charge in [0.05, 0.1) is 12.2 Å². The molecule has 3 N–H and O–H groups in total. The van der Waals surface area contributed by atoms with Crippen molar-refractivity contribution >= 4 is 36.4 Å². The molecule has 0 aliphatic heterocycles. The summed E-state index contributed by atoms with van der Waals surface area (Å²) in [6, 6.07) is 17.3. The van der Waals surface area contributed by atoms with Crippen LogP contribution < -0.4 is 15.8 Å². The van der Waals surface area contributed by atoms with E-state index in [1.54, 1.807) is 6.20 Å². The van der Waals surface area contributed by atoms with Gasteiger partial charge in [0, 0.05) is 16.9 Å². The third-order valence-electron chi connectivity index (χ3n) is 5.27. The predicted octanol–water partition coefficient (Wildman–Crippen LogP) is 5.20. The number of anilines is 1. The molecule has 1 aliphatic carbocycles.